The van der Waals surface area contributed by atoms with Crippen LogP contribution in [0.2, 0.25) is 0 Å². The van der Waals surface area contributed by atoms with Crippen molar-refractivity contribution in [1.29, 1.82) is 0 Å². The molecule has 22 heavy (non-hydrogen) atoms. The number of aliphatic hydroxyl groups is 1. The molecule has 0 atom stereocenters. The second kappa shape index (κ2) is 6.83. The number of nitrogens with zero attached hydrogens (tertiary/aromatic N) is 2. The largest absolute Gasteiger partial charge is 0.488 e. The lowest BCUT2D eigenvalue weighted by Gasteiger charge is -2.10. The third kappa shape index (κ3) is 3.30. The minimum absolute atomic E-state index is 0.0631. The van der Waals surface area contributed by atoms with Crippen molar-refractivity contribution in [3.05, 3.63) is 78.1 Å². The number of ether oxygens (including phenoxy) is 1. The summed E-state index contributed by atoms with van der Waals surface area (Å²) in [5.74, 6) is 1.32. The Bertz CT molecular complexity index is 728. The van der Waals surface area contributed by atoms with Crippen molar-refractivity contribution in [3.63, 3.8) is 0 Å². The molecular formula is C18H16N2O2. The van der Waals surface area contributed by atoms with Crippen LogP contribution in [0.4, 0.5) is 0 Å². The monoisotopic (exact) mass is 292 g/mol. The molecule has 0 unspecified atom stereocenters. The lowest BCUT2D eigenvalue weighted by Crippen LogP contribution is -1.99. The summed E-state index contributed by atoms with van der Waals surface area (Å²) in [5, 5.41) is 9.06. The minimum atomic E-state index is -0.0631. The summed E-state index contributed by atoms with van der Waals surface area (Å²) in [4.78, 5) is 8.57. The number of benzene rings is 2. The first-order valence-electron chi connectivity index (χ1n) is 7.05. The highest BCUT2D eigenvalue weighted by molar-refractivity contribution is 5.63. The first-order chi connectivity index (χ1) is 10.9. The van der Waals surface area contributed by atoms with Gasteiger partial charge in [-0.25, -0.2) is 9.97 Å². The average molecular weight is 292 g/mol. The van der Waals surface area contributed by atoms with E-state index in [1.165, 1.54) is 0 Å². The number of hydrogen-bond donors (Lipinski definition) is 1. The maximum atomic E-state index is 9.06. The zero-order valence-electron chi connectivity index (χ0n) is 12.0. The molecule has 0 spiro atoms. The Kier molecular flexibility index (Phi) is 4.41. The molecule has 1 N–H and O–H groups in total. The number of aromatic nitrogens is 2. The fraction of sp³-hybridized carbons (Fsp3) is 0.111. The zero-order chi connectivity index (χ0) is 15.2. The van der Waals surface area contributed by atoms with Gasteiger partial charge in [0.15, 0.2) is 5.82 Å². The third-order valence-electron chi connectivity index (χ3n) is 3.25. The van der Waals surface area contributed by atoms with Crippen LogP contribution in [0.3, 0.4) is 0 Å². The van der Waals surface area contributed by atoms with Crippen LogP contribution >= 0.6 is 0 Å². The van der Waals surface area contributed by atoms with Gasteiger partial charge < -0.3 is 9.84 Å². The molecule has 0 aliphatic heterocycles. The van der Waals surface area contributed by atoms with Crippen LogP contribution in [-0.4, -0.2) is 15.1 Å². The second-order valence-electron chi connectivity index (χ2n) is 4.84. The van der Waals surface area contributed by atoms with Gasteiger partial charge in [0.1, 0.15) is 12.4 Å². The van der Waals surface area contributed by atoms with E-state index < -0.39 is 0 Å². The van der Waals surface area contributed by atoms with E-state index in [1.54, 1.807) is 12.4 Å². The van der Waals surface area contributed by atoms with E-state index in [0.717, 1.165) is 16.9 Å². The van der Waals surface area contributed by atoms with Crippen LogP contribution in [0.15, 0.2) is 67.0 Å². The summed E-state index contributed by atoms with van der Waals surface area (Å²) >= 11 is 0. The van der Waals surface area contributed by atoms with Gasteiger partial charge in [-0.15, -0.1) is 0 Å². The molecular weight excluding hydrogens is 276 g/mol. The van der Waals surface area contributed by atoms with Crippen LogP contribution < -0.4 is 4.74 Å². The van der Waals surface area contributed by atoms with E-state index in [9.17, 15) is 0 Å². The van der Waals surface area contributed by atoms with E-state index in [0.29, 0.717) is 18.0 Å². The van der Waals surface area contributed by atoms with Crippen molar-refractivity contribution >= 4 is 0 Å². The zero-order valence-corrected chi connectivity index (χ0v) is 12.0. The maximum Gasteiger partial charge on any atom is 0.162 e. The van der Waals surface area contributed by atoms with Crippen molar-refractivity contribution in [2.24, 2.45) is 0 Å². The number of rotatable bonds is 5. The summed E-state index contributed by atoms with van der Waals surface area (Å²) in [6.07, 6.45) is 3.24. The van der Waals surface area contributed by atoms with E-state index in [-0.39, 0.29) is 6.61 Å². The average Bonchev–Trinajstić information content (AvgIpc) is 2.61. The molecule has 1 aromatic heterocycles. The molecule has 1 heterocycles. The highest BCUT2D eigenvalue weighted by Gasteiger charge is 2.08. The fourth-order valence-electron chi connectivity index (χ4n) is 2.09. The van der Waals surface area contributed by atoms with E-state index >= 15 is 0 Å². The molecule has 4 nitrogen and oxygen atoms in total. The Morgan fingerprint density at radius 2 is 1.50 bits per heavy atom. The van der Waals surface area contributed by atoms with Crippen molar-refractivity contribution in [1.82, 2.24) is 9.97 Å². The lowest BCUT2D eigenvalue weighted by molar-refractivity contribution is 0.281. The smallest absolute Gasteiger partial charge is 0.162 e. The molecule has 0 radical (unpaired) electrons. The van der Waals surface area contributed by atoms with Crippen molar-refractivity contribution in [2.45, 2.75) is 13.2 Å². The van der Waals surface area contributed by atoms with Crippen molar-refractivity contribution in [2.75, 3.05) is 0 Å². The molecule has 3 aromatic rings. The number of para-hydroxylation sites is 1. The Balaban J connectivity index is 1.83. The molecule has 2 aromatic carbocycles. The SMILES string of the molecule is OCc1cnc(-c2ccccc2OCc2ccccc2)nc1. The summed E-state index contributed by atoms with van der Waals surface area (Å²) in [5.41, 5.74) is 2.63. The standard InChI is InChI=1S/C18H16N2O2/c21-12-15-10-19-18(20-11-15)16-8-4-5-9-17(16)22-13-14-6-2-1-3-7-14/h1-11,21H,12-13H2. The molecule has 0 saturated heterocycles. The Morgan fingerprint density at radius 1 is 0.818 bits per heavy atom. The van der Waals surface area contributed by atoms with Gasteiger partial charge in [-0.2, -0.15) is 0 Å². The topological polar surface area (TPSA) is 55.2 Å². The third-order valence-corrected chi connectivity index (χ3v) is 3.25. The van der Waals surface area contributed by atoms with Crippen LogP contribution in [0.5, 0.6) is 5.75 Å². The Hall–Kier alpha value is -2.72. The first-order valence-corrected chi connectivity index (χ1v) is 7.05. The van der Waals surface area contributed by atoms with Gasteiger partial charge >= 0.3 is 0 Å². The number of aliphatic hydroxyl groups excluding tert-OH is 1. The molecule has 4 heteroatoms. The summed E-state index contributed by atoms with van der Waals surface area (Å²) < 4.78 is 5.90. The molecule has 0 aliphatic rings. The summed E-state index contributed by atoms with van der Waals surface area (Å²) in [6.45, 7) is 0.430. The minimum Gasteiger partial charge on any atom is -0.488 e. The van der Waals surface area contributed by atoms with Gasteiger partial charge in [0, 0.05) is 18.0 Å². The maximum absolute atomic E-state index is 9.06. The predicted molar refractivity (Wildman–Crippen MR) is 84.2 cm³/mol. The van der Waals surface area contributed by atoms with E-state index in [2.05, 4.69) is 9.97 Å². The van der Waals surface area contributed by atoms with Crippen molar-refractivity contribution < 1.29 is 9.84 Å². The first kappa shape index (κ1) is 14.2. The highest BCUT2D eigenvalue weighted by atomic mass is 16.5. The normalized spacial score (nSPS) is 10.4. The Morgan fingerprint density at radius 3 is 2.23 bits per heavy atom. The van der Waals surface area contributed by atoms with E-state index in [1.807, 2.05) is 54.6 Å². The molecule has 3 rings (SSSR count). The summed E-state index contributed by atoms with van der Waals surface area (Å²) in [6, 6.07) is 17.7. The van der Waals surface area contributed by atoms with Gasteiger partial charge in [0.25, 0.3) is 0 Å². The lowest BCUT2D eigenvalue weighted by atomic mass is 10.2. The van der Waals surface area contributed by atoms with Gasteiger partial charge in [0.05, 0.1) is 12.2 Å². The molecule has 0 amide bonds. The Labute approximate surface area is 129 Å². The predicted octanol–water partition coefficient (Wildman–Crippen LogP) is 3.21. The molecule has 0 fully saturated rings. The van der Waals surface area contributed by atoms with Crippen molar-refractivity contribution in [3.8, 4) is 17.1 Å². The fourth-order valence-corrected chi connectivity index (χ4v) is 2.09. The van der Waals surface area contributed by atoms with Gasteiger partial charge in [-0.3, -0.25) is 0 Å². The second-order valence-corrected chi connectivity index (χ2v) is 4.84. The van der Waals surface area contributed by atoms with Gasteiger partial charge in [-0.05, 0) is 17.7 Å². The molecule has 0 bridgehead atoms. The van der Waals surface area contributed by atoms with Crippen LogP contribution in [0, 0.1) is 0 Å². The van der Waals surface area contributed by atoms with Crippen LogP contribution in [0.25, 0.3) is 11.4 Å². The van der Waals surface area contributed by atoms with Gasteiger partial charge in [-0.1, -0.05) is 42.5 Å². The quantitative estimate of drug-likeness (QED) is 0.784. The molecule has 0 saturated carbocycles. The molecule has 0 aliphatic carbocycles. The van der Waals surface area contributed by atoms with Crippen LogP contribution in [-0.2, 0) is 13.2 Å². The summed E-state index contributed by atoms with van der Waals surface area (Å²) in [7, 11) is 0. The van der Waals surface area contributed by atoms with Crippen LogP contribution in [0.1, 0.15) is 11.1 Å². The number of hydrogen-bond acceptors (Lipinski definition) is 4. The van der Waals surface area contributed by atoms with Gasteiger partial charge in [0.2, 0.25) is 0 Å². The van der Waals surface area contributed by atoms with E-state index in [4.69, 9.17) is 9.84 Å². The molecule has 110 valence electrons. The highest BCUT2D eigenvalue weighted by Crippen LogP contribution is 2.27.